The van der Waals surface area contributed by atoms with Gasteiger partial charge < -0.3 is 4.84 Å². The first-order valence-corrected chi connectivity index (χ1v) is 5.79. The number of halogens is 5. The topological polar surface area (TPSA) is 21.6 Å². The molecule has 0 N–H and O–H groups in total. The normalized spacial score (nSPS) is 12.2. The van der Waals surface area contributed by atoms with E-state index in [2.05, 4.69) is 9.99 Å². The summed E-state index contributed by atoms with van der Waals surface area (Å²) in [4.78, 5) is 4.56. The second kappa shape index (κ2) is 6.19. The maximum Gasteiger partial charge on any atom is 0.200 e. The second-order valence-electron chi connectivity index (χ2n) is 5.37. The van der Waals surface area contributed by atoms with E-state index >= 15 is 0 Å². The lowest BCUT2D eigenvalue weighted by atomic mass is 9.93. The number of hydrogen-bond donors (Lipinski definition) is 0. The molecule has 0 aliphatic heterocycles. The zero-order chi connectivity index (χ0) is 15.5. The van der Waals surface area contributed by atoms with Crippen LogP contribution in [0.2, 0.25) is 0 Å². The third-order valence-electron chi connectivity index (χ3n) is 2.36. The van der Waals surface area contributed by atoms with Crippen molar-refractivity contribution in [3.8, 4) is 0 Å². The number of nitrogens with zero attached hydrogens (tertiary/aromatic N) is 1. The minimum Gasteiger partial charge on any atom is -0.391 e. The van der Waals surface area contributed by atoms with Gasteiger partial charge in [0.25, 0.3) is 0 Å². The van der Waals surface area contributed by atoms with Crippen molar-refractivity contribution in [2.45, 2.75) is 33.8 Å². The summed E-state index contributed by atoms with van der Waals surface area (Å²) in [6.07, 6.45) is 1.90. The molecule has 0 aromatic heterocycles. The molecule has 0 unspecified atom stereocenters. The van der Waals surface area contributed by atoms with Gasteiger partial charge in [-0.2, -0.15) is 0 Å². The van der Waals surface area contributed by atoms with E-state index in [1.807, 2.05) is 20.8 Å². The van der Waals surface area contributed by atoms with E-state index in [1.165, 1.54) is 6.21 Å². The fourth-order valence-electron chi connectivity index (χ4n) is 1.24. The van der Waals surface area contributed by atoms with Crippen LogP contribution in [0.5, 0.6) is 0 Å². The highest BCUT2D eigenvalue weighted by atomic mass is 19.2. The first-order valence-electron chi connectivity index (χ1n) is 5.79. The third-order valence-corrected chi connectivity index (χ3v) is 2.36. The van der Waals surface area contributed by atoms with E-state index in [-0.39, 0.29) is 5.41 Å². The molecule has 112 valence electrons. The Morgan fingerprint density at radius 2 is 1.35 bits per heavy atom. The van der Waals surface area contributed by atoms with Crippen LogP contribution in [0, 0.1) is 34.5 Å². The minimum atomic E-state index is -2.19. The van der Waals surface area contributed by atoms with E-state index in [1.54, 1.807) is 0 Å². The van der Waals surface area contributed by atoms with Crippen molar-refractivity contribution in [2.75, 3.05) is 0 Å². The van der Waals surface area contributed by atoms with Crippen LogP contribution in [0.3, 0.4) is 0 Å². The van der Waals surface area contributed by atoms with E-state index in [4.69, 9.17) is 0 Å². The highest BCUT2D eigenvalue weighted by Crippen LogP contribution is 2.23. The minimum absolute atomic E-state index is 0.0581. The molecule has 0 fully saturated rings. The summed E-state index contributed by atoms with van der Waals surface area (Å²) < 4.78 is 65.0. The predicted molar refractivity (Wildman–Crippen MR) is 63.6 cm³/mol. The molecule has 20 heavy (non-hydrogen) atoms. The predicted octanol–water partition coefficient (Wildman–Crippen LogP) is 4.32. The molecule has 0 aliphatic rings. The number of benzene rings is 1. The number of hydrogen-bond acceptors (Lipinski definition) is 2. The Morgan fingerprint density at radius 3 is 1.80 bits per heavy atom. The molecule has 1 rings (SSSR count). The van der Waals surface area contributed by atoms with Crippen molar-refractivity contribution in [3.63, 3.8) is 0 Å². The molecule has 0 saturated heterocycles. The Morgan fingerprint density at radius 1 is 0.900 bits per heavy atom. The monoisotopic (exact) mass is 295 g/mol. The van der Waals surface area contributed by atoms with Gasteiger partial charge in [-0.3, -0.25) is 0 Å². The van der Waals surface area contributed by atoms with Crippen molar-refractivity contribution < 1.29 is 26.8 Å². The van der Waals surface area contributed by atoms with Crippen LogP contribution < -0.4 is 0 Å². The molecule has 0 spiro atoms. The molecule has 0 atom stereocenters. The van der Waals surface area contributed by atoms with Crippen LogP contribution in [0.15, 0.2) is 5.16 Å². The molecule has 0 aliphatic carbocycles. The van der Waals surface area contributed by atoms with E-state index < -0.39 is 41.3 Å². The van der Waals surface area contributed by atoms with Gasteiger partial charge in [-0.1, -0.05) is 25.9 Å². The lowest BCUT2D eigenvalue weighted by Gasteiger charge is -2.13. The lowest BCUT2D eigenvalue weighted by Crippen LogP contribution is -2.08. The van der Waals surface area contributed by atoms with Gasteiger partial charge in [-0.05, 0) is 11.8 Å². The molecule has 0 amide bonds. The van der Waals surface area contributed by atoms with Gasteiger partial charge in [-0.25, -0.2) is 22.0 Å². The first-order chi connectivity index (χ1) is 9.15. The van der Waals surface area contributed by atoms with Gasteiger partial charge in [0.2, 0.25) is 5.82 Å². The van der Waals surface area contributed by atoms with Crippen molar-refractivity contribution >= 4 is 6.21 Å². The maximum atomic E-state index is 13.2. The van der Waals surface area contributed by atoms with Crippen molar-refractivity contribution in [1.29, 1.82) is 0 Å². The SMILES string of the molecule is CC(C)(C)C/C=N/OCc1c(F)c(F)c(F)c(F)c1F. The van der Waals surface area contributed by atoms with Gasteiger partial charge >= 0.3 is 0 Å². The van der Waals surface area contributed by atoms with Crippen molar-refractivity contribution in [3.05, 3.63) is 34.6 Å². The molecule has 1 aromatic rings. The van der Waals surface area contributed by atoms with Crippen molar-refractivity contribution in [2.24, 2.45) is 10.6 Å². The quantitative estimate of drug-likeness (QED) is 0.266. The molecule has 1 aromatic carbocycles. The summed E-state index contributed by atoms with van der Waals surface area (Å²) in [5.41, 5.74) is -1.11. The molecule has 0 radical (unpaired) electrons. The Bertz CT molecular complexity index is 493. The summed E-state index contributed by atoms with van der Waals surface area (Å²) in [6, 6.07) is 0. The molecule has 7 heteroatoms. The van der Waals surface area contributed by atoms with Crippen LogP contribution in [-0.4, -0.2) is 6.21 Å². The lowest BCUT2D eigenvalue weighted by molar-refractivity contribution is 0.123. The fraction of sp³-hybridized carbons (Fsp3) is 0.462. The summed E-state index contributed by atoms with van der Waals surface area (Å²) in [7, 11) is 0. The second-order valence-corrected chi connectivity index (χ2v) is 5.37. The maximum absolute atomic E-state index is 13.2. The third kappa shape index (κ3) is 3.91. The zero-order valence-corrected chi connectivity index (χ0v) is 11.2. The zero-order valence-electron chi connectivity index (χ0n) is 11.2. The molecule has 0 bridgehead atoms. The molecular weight excluding hydrogens is 281 g/mol. The Hall–Kier alpha value is -1.66. The molecule has 2 nitrogen and oxygen atoms in total. The highest BCUT2D eigenvalue weighted by molar-refractivity contribution is 5.57. The molecule has 0 saturated carbocycles. The standard InChI is InChI=1S/C13H14F5NO/c1-13(2,3)4-5-19-20-6-7-8(14)10(16)12(18)11(17)9(7)15/h5H,4,6H2,1-3H3/b19-5+. The summed E-state index contributed by atoms with van der Waals surface area (Å²) in [5, 5.41) is 3.42. The van der Waals surface area contributed by atoms with Gasteiger partial charge in [0.1, 0.15) is 6.61 Å². The largest absolute Gasteiger partial charge is 0.391 e. The molecule has 0 heterocycles. The Kier molecular flexibility index (Phi) is 5.08. The smallest absolute Gasteiger partial charge is 0.200 e. The van der Waals surface area contributed by atoms with E-state index in [0.717, 1.165) is 0 Å². The average molecular weight is 295 g/mol. The average Bonchev–Trinajstić information content (AvgIpc) is 2.36. The first kappa shape index (κ1) is 16.4. The van der Waals surface area contributed by atoms with E-state index in [0.29, 0.717) is 6.42 Å². The van der Waals surface area contributed by atoms with Crippen LogP contribution in [0.25, 0.3) is 0 Å². The molecular formula is C13H14F5NO. The Labute approximate surface area is 113 Å². The fourth-order valence-corrected chi connectivity index (χ4v) is 1.24. The van der Waals surface area contributed by atoms with Crippen LogP contribution in [0.4, 0.5) is 22.0 Å². The summed E-state index contributed by atoms with van der Waals surface area (Å²) in [6.45, 7) is 4.96. The Balaban J connectivity index is 2.80. The van der Waals surface area contributed by atoms with Gasteiger partial charge in [-0.15, -0.1) is 0 Å². The van der Waals surface area contributed by atoms with Gasteiger partial charge in [0.05, 0.1) is 5.56 Å². The van der Waals surface area contributed by atoms with Gasteiger partial charge in [0, 0.05) is 6.21 Å². The highest BCUT2D eigenvalue weighted by Gasteiger charge is 2.25. The summed E-state index contributed by atoms with van der Waals surface area (Å²) >= 11 is 0. The van der Waals surface area contributed by atoms with E-state index in [9.17, 15) is 22.0 Å². The van der Waals surface area contributed by atoms with Gasteiger partial charge in [0.15, 0.2) is 23.3 Å². The summed E-state index contributed by atoms with van der Waals surface area (Å²) in [5.74, 6) is -10.0. The number of rotatable bonds is 4. The van der Waals surface area contributed by atoms with Crippen molar-refractivity contribution in [1.82, 2.24) is 0 Å². The number of oxime groups is 1. The van der Waals surface area contributed by atoms with Crippen LogP contribution in [0.1, 0.15) is 32.8 Å². The van der Waals surface area contributed by atoms with Crippen LogP contribution in [-0.2, 0) is 11.4 Å². The van der Waals surface area contributed by atoms with Crippen LogP contribution >= 0.6 is 0 Å².